The minimum Gasteiger partial charge on any atom is -0.404 e. The van der Waals surface area contributed by atoms with Crippen LogP contribution in [0.15, 0.2) is 22.7 Å². The van der Waals surface area contributed by atoms with E-state index in [-0.39, 0.29) is 35.6 Å². The monoisotopic (exact) mass is 411 g/mol. The Morgan fingerprint density at radius 2 is 2.17 bits per heavy atom. The van der Waals surface area contributed by atoms with Crippen LogP contribution in [0.4, 0.5) is 18.9 Å². The van der Waals surface area contributed by atoms with Gasteiger partial charge in [-0.05, 0) is 24.1 Å². The van der Waals surface area contributed by atoms with Crippen LogP contribution in [-0.4, -0.2) is 29.7 Å². The van der Waals surface area contributed by atoms with E-state index >= 15 is 0 Å². The summed E-state index contributed by atoms with van der Waals surface area (Å²) in [6, 6.07) is 4.13. The fourth-order valence-corrected chi connectivity index (χ4v) is 3.31. The number of nitrogens with zero attached hydrogens (tertiary/aromatic N) is 1. The van der Waals surface area contributed by atoms with Gasteiger partial charge in [0.1, 0.15) is 0 Å². The summed E-state index contributed by atoms with van der Waals surface area (Å²) in [7, 11) is 0. The first-order valence-electron chi connectivity index (χ1n) is 6.64. The molecule has 0 bridgehead atoms. The van der Waals surface area contributed by atoms with Gasteiger partial charge < -0.3 is 9.64 Å². The smallest absolute Gasteiger partial charge is 0.404 e. The second-order valence-corrected chi connectivity index (χ2v) is 7.15. The van der Waals surface area contributed by atoms with Gasteiger partial charge >= 0.3 is 6.36 Å². The maximum atomic E-state index is 12.5. The van der Waals surface area contributed by atoms with E-state index in [9.17, 15) is 22.8 Å². The summed E-state index contributed by atoms with van der Waals surface area (Å²) in [5, 5.41) is -0.0550. The number of amides is 1. The molecule has 1 saturated heterocycles. The minimum atomic E-state index is -4.85. The first-order valence-corrected chi connectivity index (χ1v) is 8.42. The molecule has 1 aliphatic heterocycles. The fourth-order valence-electron chi connectivity index (χ4n) is 2.28. The van der Waals surface area contributed by atoms with Crippen LogP contribution in [0.25, 0.3) is 0 Å². The molecule has 0 radical (unpaired) electrons. The molecule has 1 atom stereocenters. The number of alkyl halides is 3. The molecule has 0 saturated carbocycles. The van der Waals surface area contributed by atoms with Crippen LogP contribution < -0.4 is 9.64 Å². The number of carbonyl (C=O) groups excluding carboxylic acids is 2. The Balaban J connectivity index is 2.21. The van der Waals surface area contributed by atoms with Gasteiger partial charge in [0.25, 0.3) is 0 Å². The molecule has 0 spiro atoms. The van der Waals surface area contributed by atoms with Crippen molar-refractivity contribution < 1.29 is 27.5 Å². The molecule has 126 valence electrons. The topological polar surface area (TPSA) is 46.6 Å². The van der Waals surface area contributed by atoms with Gasteiger partial charge in [0.15, 0.2) is 10.9 Å². The zero-order valence-electron chi connectivity index (χ0n) is 12.0. The number of ether oxygens (including phenoxy) is 1. The third-order valence-corrected chi connectivity index (χ3v) is 4.70. The second-order valence-electron chi connectivity index (χ2n) is 5.04. The molecule has 0 aromatic heterocycles. The number of thioether (sulfide) groups is 1. The van der Waals surface area contributed by atoms with E-state index in [0.717, 1.165) is 11.8 Å². The Morgan fingerprint density at radius 3 is 2.78 bits per heavy atom. The largest absolute Gasteiger partial charge is 0.573 e. The summed E-state index contributed by atoms with van der Waals surface area (Å²) in [6.45, 7) is 1.69. The molecule has 1 fully saturated rings. The van der Waals surface area contributed by atoms with E-state index in [2.05, 4.69) is 20.7 Å². The molecular weight excluding hydrogens is 399 g/mol. The lowest BCUT2D eigenvalue weighted by molar-refractivity contribution is -0.274. The van der Waals surface area contributed by atoms with Gasteiger partial charge in [-0.1, -0.05) is 27.7 Å². The molecular formula is C14H13BrF3NO3S. The highest BCUT2D eigenvalue weighted by Crippen LogP contribution is 2.38. The van der Waals surface area contributed by atoms with Crippen LogP contribution in [0, 0.1) is 5.92 Å². The molecule has 9 heteroatoms. The average Bonchev–Trinajstić information content (AvgIpc) is 2.76. The van der Waals surface area contributed by atoms with Crippen LogP contribution in [0.1, 0.15) is 13.3 Å². The van der Waals surface area contributed by atoms with Gasteiger partial charge in [-0.2, -0.15) is 0 Å². The Labute approximate surface area is 143 Å². The van der Waals surface area contributed by atoms with Gasteiger partial charge in [-0.25, -0.2) is 0 Å². The number of hydrogen-bond acceptors (Lipinski definition) is 4. The number of rotatable bonds is 4. The van der Waals surface area contributed by atoms with E-state index in [0.29, 0.717) is 10.2 Å². The van der Waals surface area contributed by atoms with E-state index in [1.54, 1.807) is 6.07 Å². The van der Waals surface area contributed by atoms with Crippen molar-refractivity contribution in [1.82, 2.24) is 0 Å². The summed E-state index contributed by atoms with van der Waals surface area (Å²) in [5.41, 5.74) is 0.0749. The SMILES string of the molecule is CC(=O)SCC1CC(=O)N(c2ccc(Br)cc2OC(F)(F)F)C1. The molecule has 1 amide bonds. The molecule has 2 rings (SSSR count). The normalized spacial score (nSPS) is 18.4. The van der Waals surface area contributed by atoms with Crippen LogP contribution in [0.5, 0.6) is 5.75 Å². The molecule has 1 heterocycles. The number of benzene rings is 1. The lowest BCUT2D eigenvalue weighted by Gasteiger charge is -2.21. The maximum Gasteiger partial charge on any atom is 0.573 e. The lowest BCUT2D eigenvalue weighted by atomic mass is 10.1. The summed E-state index contributed by atoms with van der Waals surface area (Å²) in [4.78, 5) is 24.4. The van der Waals surface area contributed by atoms with Crippen molar-refractivity contribution in [2.24, 2.45) is 5.92 Å². The van der Waals surface area contributed by atoms with Crippen molar-refractivity contribution in [2.75, 3.05) is 17.2 Å². The van der Waals surface area contributed by atoms with Crippen LogP contribution in [-0.2, 0) is 9.59 Å². The van der Waals surface area contributed by atoms with Crippen molar-refractivity contribution >= 4 is 44.4 Å². The first kappa shape index (κ1) is 18.1. The summed E-state index contributed by atoms with van der Waals surface area (Å²) < 4.78 is 42.1. The van der Waals surface area contributed by atoms with Gasteiger partial charge in [-0.3, -0.25) is 9.59 Å². The molecule has 23 heavy (non-hydrogen) atoms. The highest BCUT2D eigenvalue weighted by atomic mass is 79.9. The van der Waals surface area contributed by atoms with Crippen molar-refractivity contribution in [3.05, 3.63) is 22.7 Å². The predicted molar refractivity (Wildman–Crippen MR) is 84.4 cm³/mol. The highest BCUT2D eigenvalue weighted by Gasteiger charge is 2.36. The van der Waals surface area contributed by atoms with Crippen LogP contribution in [0.3, 0.4) is 0 Å². The molecule has 1 unspecified atom stereocenters. The highest BCUT2D eigenvalue weighted by molar-refractivity contribution is 9.10. The molecule has 4 nitrogen and oxygen atoms in total. The zero-order valence-corrected chi connectivity index (χ0v) is 14.4. The lowest BCUT2D eigenvalue weighted by Crippen LogP contribution is -2.27. The number of carbonyl (C=O) groups is 2. The zero-order chi connectivity index (χ0) is 17.2. The van der Waals surface area contributed by atoms with E-state index in [4.69, 9.17) is 0 Å². The van der Waals surface area contributed by atoms with E-state index in [1.807, 2.05) is 0 Å². The number of halogens is 4. The molecule has 1 aliphatic rings. The van der Waals surface area contributed by atoms with Gasteiger partial charge in [-0.15, -0.1) is 13.2 Å². The van der Waals surface area contributed by atoms with Crippen molar-refractivity contribution in [2.45, 2.75) is 19.7 Å². The van der Waals surface area contributed by atoms with Crippen LogP contribution in [0.2, 0.25) is 0 Å². The first-order chi connectivity index (χ1) is 10.7. The summed E-state index contributed by atoms with van der Waals surface area (Å²) in [6.07, 6.45) is -4.65. The molecule has 0 aliphatic carbocycles. The Hall–Kier alpha value is -1.22. The van der Waals surface area contributed by atoms with Crippen molar-refractivity contribution in [3.8, 4) is 5.75 Å². The van der Waals surface area contributed by atoms with Gasteiger partial charge in [0.05, 0.1) is 5.69 Å². The second kappa shape index (κ2) is 7.12. The maximum absolute atomic E-state index is 12.5. The van der Waals surface area contributed by atoms with E-state index < -0.39 is 12.1 Å². The summed E-state index contributed by atoms with van der Waals surface area (Å²) in [5.74, 6) is -0.337. The fraction of sp³-hybridized carbons (Fsp3) is 0.429. The predicted octanol–water partition coefficient (Wildman–Crippen LogP) is 3.98. The molecule has 1 aromatic carbocycles. The Morgan fingerprint density at radius 1 is 1.48 bits per heavy atom. The minimum absolute atomic E-state index is 0.0550. The number of anilines is 1. The summed E-state index contributed by atoms with van der Waals surface area (Å²) >= 11 is 4.20. The van der Waals surface area contributed by atoms with Gasteiger partial charge in [0.2, 0.25) is 5.91 Å². The third-order valence-electron chi connectivity index (χ3n) is 3.17. The third kappa shape index (κ3) is 5.13. The Kier molecular flexibility index (Phi) is 5.61. The molecule has 1 aromatic rings. The Bertz CT molecular complexity index is 624. The molecule has 0 N–H and O–H groups in total. The average molecular weight is 412 g/mol. The van der Waals surface area contributed by atoms with E-state index in [1.165, 1.54) is 24.0 Å². The van der Waals surface area contributed by atoms with Crippen LogP contribution >= 0.6 is 27.7 Å². The standard InChI is InChI=1S/C14H13BrF3NO3S/c1-8(20)23-7-9-4-13(21)19(6-9)11-3-2-10(15)5-12(11)22-14(16,17)18/h2-3,5,9H,4,6-7H2,1H3. The van der Waals surface area contributed by atoms with Crippen molar-refractivity contribution in [1.29, 1.82) is 0 Å². The van der Waals surface area contributed by atoms with Gasteiger partial charge in [0, 0.05) is 30.1 Å². The van der Waals surface area contributed by atoms with Crippen molar-refractivity contribution in [3.63, 3.8) is 0 Å². The number of hydrogen-bond donors (Lipinski definition) is 0. The quantitative estimate of drug-likeness (QED) is 0.751.